The van der Waals surface area contributed by atoms with Crippen molar-refractivity contribution in [2.45, 2.75) is 0 Å². The smallest absolute Gasteiger partial charge is 0.397 e. The molecule has 0 aliphatic rings. The van der Waals surface area contributed by atoms with Gasteiger partial charge < -0.3 is 25.9 Å². The van der Waals surface area contributed by atoms with Crippen molar-refractivity contribution in [3.05, 3.63) is 0 Å². The van der Waals surface area contributed by atoms with E-state index in [-0.39, 0.29) is 5.48 Å². The average Bonchev–Trinajstić information content (AvgIpc) is 2.71. The molecular weight excluding hydrogens is 528 g/mol. The predicted molar refractivity (Wildman–Crippen MR) is 103 cm³/mol. The van der Waals surface area contributed by atoms with Crippen LogP contribution in [0.15, 0.2) is 0 Å². The largest absolute Gasteiger partial charge is 0.412 e. The minimum Gasteiger partial charge on any atom is -0.412 e. The minimum absolute atomic E-state index is 0. The summed E-state index contributed by atoms with van der Waals surface area (Å²) in [6, 6.07) is 0. The Hall–Kier alpha value is -0.640. The molecule has 0 fully saturated rings. The highest BCUT2D eigenvalue weighted by molar-refractivity contribution is 7.86. The highest BCUT2D eigenvalue weighted by Crippen LogP contribution is 1.83. The van der Waals surface area contributed by atoms with E-state index in [2.05, 4.69) is 16.7 Å². The molecule has 0 spiro atoms. The molecule has 23 heteroatoms. The van der Waals surface area contributed by atoms with Gasteiger partial charge in [-0.3, -0.25) is 25.8 Å². The Balaban J connectivity index is -0.0000000465. The fraction of sp³-hybridized carbons (Fsp3) is 1.00. The highest BCUT2D eigenvalue weighted by Gasteiger charge is 2.02. The first-order chi connectivity index (χ1) is 13.4. The topological polar surface area (TPSA) is 326 Å². The van der Waals surface area contributed by atoms with Crippen LogP contribution >= 0.6 is 0 Å². The maximum Gasteiger partial charge on any atom is 0.397 e. The SMILES string of the molecule is CO.CO.COS(=O)(=O)CO.COS(=O)(=O)CO.COS(=O)(=O)O.COS(=O)(=O)O.O. The van der Waals surface area contributed by atoms with E-state index in [0.29, 0.717) is 0 Å². The van der Waals surface area contributed by atoms with E-state index >= 15 is 0 Å². The number of rotatable bonds is 6. The zero-order valence-corrected chi connectivity index (χ0v) is 20.4. The molecular formula is C8H30O19S4. The minimum atomic E-state index is -4.16. The van der Waals surface area contributed by atoms with Crippen molar-refractivity contribution in [2.75, 3.05) is 54.5 Å². The van der Waals surface area contributed by atoms with E-state index in [1.54, 1.807) is 0 Å². The molecule has 0 unspecified atom stereocenters. The average molecular weight is 559 g/mol. The summed E-state index contributed by atoms with van der Waals surface area (Å²) in [6.45, 7) is 0. The zero-order chi connectivity index (χ0) is 26.2. The van der Waals surface area contributed by atoms with Gasteiger partial charge in [-0.05, 0) is 0 Å². The molecule has 8 N–H and O–H groups in total. The van der Waals surface area contributed by atoms with Crippen LogP contribution < -0.4 is 0 Å². The standard InChI is InChI=1S/2C2H6O4S.2CH4O4S.2CH4O.H2O/c2*1-6-7(4,5)2-3;2*1-5-6(2,3)4;2*1-2;/h2*3H,2H2,1H3;2*1H3,(H,2,3,4);2*2H,1H3;1H2. The molecule has 0 atom stereocenters. The van der Waals surface area contributed by atoms with E-state index in [0.717, 1.165) is 42.7 Å². The van der Waals surface area contributed by atoms with Crippen molar-refractivity contribution >= 4 is 41.0 Å². The van der Waals surface area contributed by atoms with Crippen LogP contribution in [-0.2, 0) is 57.8 Å². The van der Waals surface area contributed by atoms with Gasteiger partial charge in [0, 0.05) is 14.2 Å². The van der Waals surface area contributed by atoms with Crippen molar-refractivity contribution in [1.82, 2.24) is 0 Å². The van der Waals surface area contributed by atoms with Crippen molar-refractivity contribution in [3.8, 4) is 0 Å². The second-order valence-corrected chi connectivity index (χ2v) is 8.69. The lowest BCUT2D eigenvalue weighted by Crippen LogP contribution is -2.05. The van der Waals surface area contributed by atoms with Gasteiger partial charge in [-0.2, -0.15) is 33.7 Å². The molecule has 0 aromatic carbocycles. The summed E-state index contributed by atoms with van der Waals surface area (Å²) in [5.41, 5.74) is 0. The third kappa shape index (κ3) is 72.9. The quantitative estimate of drug-likeness (QED) is 0.131. The Morgan fingerprint density at radius 2 is 0.645 bits per heavy atom. The Kier molecular flexibility index (Phi) is 42.4. The molecule has 0 saturated carbocycles. The molecule has 0 heterocycles. The summed E-state index contributed by atoms with van der Waals surface area (Å²) in [4.78, 5) is 0. The number of hydrogen-bond donors (Lipinski definition) is 6. The van der Waals surface area contributed by atoms with Crippen molar-refractivity contribution in [2.24, 2.45) is 0 Å². The Morgan fingerprint density at radius 1 is 0.516 bits per heavy atom. The number of aliphatic hydroxyl groups excluding tert-OH is 4. The summed E-state index contributed by atoms with van der Waals surface area (Å²) < 4.78 is 107. The van der Waals surface area contributed by atoms with Crippen LogP contribution in [0.4, 0.5) is 0 Å². The molecule has 0 rings (SSSR count). The summed E-state index contributed by atoms with van der Waals surface area (Å²) in [5, 5.41) is 29.8. The molecule has 0 aliphatic carbocycles. The Bertz CT molecular complexity index is 649. The third-order valence-electron chi connectivity index (χ3n) is 1.25. The van der Waals surface area contributed by atoms with Crippen LogP contribution in [-0.4, -0.2) is 123 Å². The monoisotopic (exact) mass is 558 g/mol. The van der Waals surface area contributed by atoms with Gasteiger partial charge in [-0.25, -0.2) is 0 Å². The lowest BCUT2D eigenvalue weighted by atomic mass is 11.7. The maximum absolute atomic E-state index is 9.90. The fourth-order valence-corrected chi connectivity index (χ4v) is 0.316. The van der Waals surface area contributed by atoms with Gasteiger partial charge in [0.25, 0.3) is 20.2 Å². The lowest BCUT2D eigenvalue weighted by molar-refractivity contribution is 0.315. The Morgan fingerprint density at radius 3 is 0.645 bits per heavy atom. The first kappa shape index (κ1) is 48.0. The van der Waals surface area contributed by atoms with E-state index in [1.807, 2.05) is 0 Å². The van der Waals surface area contributed by atoms with E-state index in [4.69, 9.17) is 29.5 Å². The fourth-order valence-electron chi connectivity index (χ4n) is 0.105. The van der Waals surface area contributed by atoms with Gasteiger partial charge in [0.15, 0.2) is 11.9 Å². The molecule has 0 saturated heterocycles. The van der Waals surface area contributed by atoms with Gasteiger partial charge in [-0.1, -0.05) is 0 Å². The van der Waals surface area contributed by atoms with Gasteiger partial charge in [0.05, 0.1) is 28.4 Å². The summed E-state index contributed by atoms with van der Waals surface area (Å²) in [7, 11) is -9.80. The molecule has 0 aromatic rings. The lowest BCUT2D eigenvalue weighted by Gasteiger charge is -1.90. The number of hydrogen-bond acceptors (Lipinski definition) is 16. The summed E-state index contributed by atoms with van der Waals surface area (Å²) in [6.07, 6.45) is 0. The molecule has 0 aliphatic heterocycles. The van der Waals surface area contributed by atoms with Crippen molar-refractivity contribution in [3.63, 3.8) is 0 Å². The molecule has 0 bridgehead atoms. The van der Waals surface area contributed by atoms with Gasteiger partial charge in [0.2, 0.25) is 0 Å². The van der Waals surface area contributed by atoms with Crippen LogP contribution in [0.25, 0.3) is 0 Å². The van der Waals surface area contributed by atoms with Crippen LogP contribution in [0.1, 0.15) is 0 Å². The zero-order valence-electron chi connectivity index (χ0n) is 17.1. The van der Waals surface area contributed by atoms with E-state index in [1.165, 1.54) is 0 Å². The normalized spacial score (nSPS) is 10.2. The van der Waals surface area contributed by atoms with Gasteiger partial charge in [-0.15, -0.1) is 0 Å². The Labute approximate surface area is 181 Å². The second-order valence-electron chi connectivity index (χ2n) is 2.90. The molecule has 19 nitrogen and oxygen atoms in total. The summed E-state index contributed by atoms with van der Waals surface area (Å²) >= 11 is 0. The van der Waals surface area contributed by atoms with E-state index < -0.39 is 52.9 Å². The first-order valence-corrected chi connectivity index (χ1v) is 12.0. The van der Waals surface area contributed by atoms with Crippen LogP contribution in [0, 0.1) is 0 Å². The molecule has 0 radical (unpaired) electrons. The molecule has 31 heavy (non-hydrogen) atoms. The second kappa shape index (κ2) is 27.4. The molecule has 0 aromatic heterocycles. The summed E-state index contributed by atoms with van der Waals surface area (Å²) in [5.74, 6) is -1.91. The van der Waals surface area contributed by atoms with Gasteiger partial charge in [0.1, 0.15) is 0 Å². The van der Waals surface area contributed by atoms with Crippen LogP contribution in [0.3, 0.4) is 0 Å². The van der Waals surface area contributed by atoms with Crippen molar-refractivity contribution in [1.29, 1.82) is 0 Å². The third-order valence-corrected chi connectivity index (χ3v) is 3.74. The number of aliphatic hydroxyl groups is 4. The first-order valence-electron chi connectivity index (χ1n) is 6.10. The predicted octanol–water partition coefficient (Wildman–Crippen LogP) is -4.91. The van der Waals surface area contributed by atoms with E-state index in [9.17, 15) is 33.7 Å². The van der Waals surface area contributed by atoms with Crippen LogP contribution in [0.2, 0.25) is 0 Å². The van der Waals surface area contributed by atoms with Crippen LogP contribution in [0.5, 0.6) is 0 Å². The van der Waals surface area contributed by atoms with Gasteiger partial charge >= 0.3 is 20.8 Å². The van der Waals surface area contributed by atoms with Crippen molar-refractivity contribution < 1.29 is 85.4 Å². The highest BCUT2D eigenvalue weighted by atomic mass is 32.3. The molecule has 200 valence electrons. The maximum atomic E-state index is 9.90. The molecule has 0 amide bonds.